The molecular formula is C20H19N3O2S. The summed E-state index contributed by atoms with van der Waals surface area (Å²) >= 11 is 1.38. The van der Waals surface area contributed by atoms with Gasteiger partial charge in [0.1, 0.15) is 0 Å². The minimum absolute atomic E-state index is 0.183. The van der Waals surface area contributed by atoms with Crippen LogP contribution in [0.5, 0.6) is 0 Å². The molecule has 0 unspecified atom stereocenters. The largest absolute Gasteiger partial charge is 0.272 e. The number of fused-ring (bicyclic) bond motifs is 1. The van der Waals surface area contributed by atoms with Gasteiger partial charge in [0.15, 0.2) is 0 Å². The molecule has 0 saturated heterocycles. The molecule has 0 fully saturated rings. The van der Waals surface area contributed by atoms with E-state index in [1.165, 1.54) is 11.8 Å². The highest BCUT2D eigenvalue weighted by Crippen LogP contribution is 2.25. The summed E-state index contributed by atoms with van der Waals surface area (Å²) in [5, 5.41) is 1.03. The fraction of sp³-hybridized carbons (Fsp3) is 0.150. The Balaban J connectivity index is 1.56. The summed E-state index contributed by atoms with van der Waals surface area (Å²) in [5.74, 6) is -0.420. The summed E-state index contributed by atoms with van der Waals surface area (Å²) in [6.07, 6.45) is 1.73. The number of aromatic nitrogens is 1. The summed E-state index contributed by atoms with van der Waals surface area (Å²) < 4.78 is 0. The van der Waals surface area contributed by atoms with Crippen LogP contribution in [0.2, 0.25) is 0 Å². The van der Waals surface area contributed by atoms with Crippen molar-refractivity contribution in [3.63, 3.8) is 0 Å². The van der Waals surface area contributed by atoms with Crippen LogP contribution < -0.4 is 10.9 Å². The molecule has 3 aromatic rings. The van der Waals surface area contributed by atoms with Gasteiger partial charge < -0.3 is 0 Å². The Kier molecular flexibility index (Phi) is 5.53. The Labute approximate surface area is 156 Å². The van der Waals surface area contributed by atoms with Crippen LogP contribution >= 0.6 is 11.8 Å². The number of hydrazine groups is 1. The second kappa shape index (κ2) is 8.01. The van der Waals surface area contributed by atoms with Crippen molar-refractivity contribution in [3.8, 4) is 0 Å². The molecule has 0 saturated carbocycles. The number of para-hydroxylation sites is 1. The van der Waals surface area contributed by atoms with Crippen molar-refractivity contribution in [2.24, 2.45) is 0 Å². The molecule has 26 heavy (non-hydrogen) atoms. The third-order valence-electron chi connectivity index (χ3n) is 3.90. The van der Waals surface area contributed by atoms with Gasteiger partial charge in [-0.3, -0.25) is 25.4 Å². The molecule has 0 spiro atoms. The van der Waals surface area contributed by atoms with Crippen molar-refractivity contribution < 1.29 is 9.59 Å². The first kappa shape index (κ1) is 17.9. The van der Waals surface area contributed by atoms with Crippen LogP contribution in [0.15, 0.2) is 59.6 Å². The molecule has 2 aromatic carbocycles. The number of carbonyl (C=O) groups is 2. The van der Waals surface area contributed by atoms with Crippen molar-refractivity contribution in [1.29, 1.82) is 0 Å². The van der Waals surface area contributed by atoms with E-state index in [4.69, 9.17) is 0 Å². The lowest BCUT2D eigenvalue weighted by molar-refractivity contribution is -0.119. The number of benzene rings is 2. The van der Waals surface area contributed by atoms with Gasteiger partial charge in [-0.1, -0.05) is 35.9 Å². The number of hydrogen-bond acceptors (Lipinski definition) is 4. The number of pyridine rings is 1. The maximum Gasteiger partial charge on any atom is 0.269 e. The van der Waals surface area contributed by atoms with Crippen LogP contribution in [0, 0.1) is 13.8 Å². The van der Waals surface area contributed by atoms with Crippen molar-refractivity contribution in [1.82, 2.24) is 15.8 Å². The van der Waals surface area contributed by atoms with Crippen molar-refractivity contribution in [3.05, 3.63) is 71.4 Å². The SMILES string of the molecule is Cc1ccc(C(=O)NNC(=O)CSc2cccc3cccnc23)c(C)c1. The van der Waals surface area contributed by atoms with Crippen LogP contribution in [0.3, 0.4) is 0 Å². The van der Waals surface area contributed by atoms with Gasteiger partial charge in [-0.2, -0.15) is 0 Å². The van der Waals surface area contributed by atoms with Crippen molar-refractivity contribution in [2.45, 2.75) is 18.7 Å². The minimum atomic E-state index is -0.326. The molecule has 5 nitrogen and oxygen atoms in total. The Morgan fingerprint density at radius 2 is 1.85 bits per heavy atom. The molecule has 1 aromatic heterocycles. The number of aryl methyl sites for hydroxylation is 2. The van der Waals surface area contributed by atoms with Gasteiger partial charge in [0.2, 0.25) is 5.91 Å². The maximum absolute atomic E-state index is 12.2. The average Bonchev–Trinajstić information content (AvgIpc) is 2.64. The van der Waals surface area contributed by atoms with E-state index in [9.17, 15) is 9.59 Å². The van der Waals surface area contributed by atoms with Gasteiger partial charge in [0, 0.05) is 22.0 Å². The Hall–Kier alpha value is -2.86. The number of carbonyl (C=O) groups excluding carboxylic acids is 2. The fourth-order valence-corrected chi connectivity index (χ4v) is 3.48. The van der Waals surface area contributed by atoms with E-state index in [-0.39, 0.29) is 17.6 Å². The zero-order valence-electron chi connectivity index (χ0n) is 14.6. The molecule has 0 aliphatic rings. The van der Waals surface area contributed by atoms with E-state index in [0.717, 1.165) is 26.9 Å². The van der Waals surface area contributed by atoms with E-state index >= 15 is 0 Å². The topological polar surface area (TPSA) is 71.1 Å². The summed E-state index contributed by atoms with van der Waals surface area (Å²) in [6.45, 7) is 3.84. The number of nitrogens with one attached hydrogen (secondary N) is 2. The number of thioether (sulfide) groups is 1. The van der Waals surface area contributed by atoms with E-state index in [0.29, 0.717) is 5.56 Å². The molecule has 0 atom stereocenters. The van der Waals surface area contributed by atoms with Crippen LogP contribution in [-0.2, 0) is 4.79 Å². The van der Waals surface area contributed by atoms with E-state index in [1.807, 2.05) is 56.3 Å². The van der Waals surface area contributed by atoms with Gasteiger partial charge in [-0.25, -0.2) is 0 Å². The average molecular weight is 365 g/mol. The number of nitrogens with zero attached hydrogens (tertiary/aromatic N) is 1. The molecular weight excluding hydrogens is 346 g/mol. The predicted octanol–water partition coefficient (Wildman–Crippen LogP) is 3.40. The predicted molar refractivity (Wildman–Crippen MR) is 104 cm³/mol. The Morgan fingerprint density at radius 1 is 1.04 bits per heavy atom. The zero-order valence-corrected chi connectivity index (χ0v) is 15.4. The smallest absolute Gasteiger partial charge is 0.269 e. The third-order valence-corrected chi connectivity index (χ3v) is 4.94. The Morgan fingerprint density at radius 3 is 2.65 bits per heavy atom. The monoisotopic (exact) mass is 365 g/mol. The van der Waals surface area contributed by atoms with Gasteiger partial charge in [0.05, 0.1) is 11.3 Å². The Bertz CT molecular complexity index is 967. The molecule has 132 valence electrons. The fourth-order valence-electron chi connectivity index (χ4n) is 2.63. The molecule has 1 heterocycles. The summed E-state index contributed by atoms with van der Waals surface area (Å²) in [6, 6.07) is 15.3. The van der Waals surface area contributed by atoms with Gasteiger partial charge in [-0.15, -0.1) is 11.8 Å². The van der Waals surface area contributed by atoms with Gasteiger partial charge in [-0.05, 0) is 37.6 Å². The molecule has 6 heteroatoms. The first-order valence-electron chi connectivity index (χ1n) is 8.17. The highest BCUT2D eigenvalue weighted by molar-refractivity contribution is 8.00. The molecule has 2 amide bonds. The van der Waals surface area contributed by atoms with E-state index < -0.39 is 0 Å². The molecule has 0 bridgehead atoms. The first-order chi connectivity index (χ1) is 12.5. The second-order valence-electron chi connectivity index (χ2n) is 5.94. The van der Waals surface area contributed by atoms with E-state index in [1.54, 1.807) is 12.3 Å². The number of amides is 2. The van der Waals surface area contributed by atoms with Crippen LogP contribution in [0.25, 0.3) is 10.9 Å². The highest BCUT2D eigenvalue weighted by atomic mass is 32.2. The van der Waals surface area contributed by atoms with Gasteiger partial charge in [0.25, 0.3) is 5.91 Å². The highest BCUT2D eigenvalue weighted by Gasteiger charge is 2.11. The standard InChI is InChI=1S/C20H19N3O2S/c1-13-8-9-16(14(2)11-13)20(25)23-22-18(24)12-26-17-7-3-5-15-6-4-10-21-19(15)17/h3-11H,12H2,1-2H3,(H,22,24)(H,23,25). The molecule has 2 N–H and O–H groups in total. The number of hydrogen-bond donors (Lipinski definition) is 2. The third kappa shape index (κ3) is 4.21. The lowest BCUT2D eigenvalue weighted by Gasteiger charge is -2.10. The van der Waals surface area contributed by atoms with Crippen LogP contribution in [0.4, 0.5) is 0 Å². The molecule has 0 radical (unpaired) electrons. The number of rotatable bonds is 4. The van der Waals surface area contributed by atoms with Crippen molar-refractivity contribution in [2.75, 3.05) is 5.75 Å². The quantitative estimate of drug-likeness (QED) is 0.549. The minimum Gasteiger partial charge on any atom is -0.272 e. The maximum atomic E-state index is 12.2. The van der Waals surface area contributed by atoms with Crippen LogP contribution in [0.1, 0.15) is 21.5 Å². The summed E-state index contributed by atoms with van der Waals surface area (Å²) in [5.41, 5.74) is 8.29. The molecule has 0 aliphatic heterocycles. The summed E-state index contributed by atoms with van der Waals surface area (Å²) in [4.78, 5) is 29.5. The molecule has 3 rings (SSSR count). The molecule has 0 aliphatic carbocycles. The van der Waals surface area contributed by atoms with E-state index in [2.05, 4.69) is 15.8 Å². The zero-order chi connectivity index (χ0) is 18.5. The second-order valence-corrected chi connectivity index (χ2v) is 6.96. The normalized spacial score (nSPS) is 10.5. The lowest BCUT2D eigenvalue weighted by Crippen LogP contribution is -2.42. The van der Waals surface area contributed by atoms with Crippen molar-refractivity contribution >= 4 is 34.5 Å². The first-order valence-corrected chi connectivity index (χ1v) is 9.16. The summed E-state index contributed by atoms with van der Waals surface area (Å²) in [7, 11) is 0. The lowest BCUT2D eigenvalue weighted by atomic mass is 10.1. The van der Waals surface area contributed by atoms with Crippen LogP contribution in [-0.4, -0.2) is 22.6 Å². The van der Waals surface area contributed by atoms with Gasteiger partial charge >= 0.3 is 0 Å².